The Morgan fingerprint density at radius 3 is 2.65 bits per heavy atom. The van der Waals surface area contributed by atoms with E-state index < -0.39 is 0 Å². The average molecular weight is 304 g/mol. The quantitative estimate of drug-likeness (QED) is 0.894. The van der Waals surface area contributed by atoms with Gasteiger partial charge in [0.05, 0.1) is 11.8 Å². The predicted octanol–water partition coefficient (Wildman–Crippen LogP) is 4.42. The van der Waals surface area contributed by atoms with E-state index in [0.717, 1.165) is 0 Å². The topological polar surface area (TPSA) is 24.4 Å². The van der Waals surface area contributed by atoms with Gasteiger partial charge in [-0.2, -0.15) is 5.10 Å². The van der Waals surface area contributed by atoms with E-state index in [1.165, 1.54) is 40.3 Å². The minimum atomic E-state index is 0.353. The van der Waals surface area contributed by atoms with Gasteiger partial charge in [-0.25, -0.2) is 0 Å². The maximum atomic E-state index is 4.70. The van der Waals surface area contributed by atoms with Crippen LogP contribution in [0, 0.1) is 5.92 Å². The summed E-state index contributed by atoms with van der Waals surface area (Å²) in [5, 5.41) is 4.70. The van der Waals surface area contributed by atoms with Crippen LogP contribution in [0.15, 0.2) is 45.2 Å². The van der Waals surface area contributed by atoms with Crippen molar-refractivity contribution in [3.8, 4) is 0 Å². The van der Waals surface area contributed by atoms with Crippen molar-refractivity contribution in [2.24, 2.45) is 11.0 Å². The van der Waals surface area contributed by atoms with Gasteiger partial charge in [-0.15, -0.1) is 23.5 Å². The van der Waals surface area contributed by atoms with Crippen molar-refractivity contribution in [3.63, 3.8) is 0 Å². The Kier molecular flexibility index (Phi) is 4.41. The predicted molar refractivity (Wildman–Crippen MR) is 91.2 cm³/mol. The highest BCUT2D eigenvalue weighted by Crippen LogP contribution is 2.42. The summed E-state index contributed by atoms with van der Waals surface area (Å²) in [7, 11) is 0. The molecule has 4 heteroatoms. The van der Waals surface area contributed by atoms with E-state index in [9.17, 15) is 0 Å². The van der Waals surface area contributed by atoms with E-state index in [-0.39, 0.29) is 0 Å². The van der Waals surface area contributed by atoms with Gasteiger partial charge in [0, 0.05) is 10.2 Å². The molecule has 1 aliphatic heterocycles. The highest BCUT2D eigenvalue weighted by atomic mass is 32.2. The van der Waals surface area contributed by atoms with E-state index >= 15 is 0 Å². The first-order valence-corrected chi connectivity index (χ1v) is 9.49. The zero-order valence-electron chi connectivity index (χ0n) is 11.9. The monoisotopic (exact) mass is 304 g/mol. The van der Waals surface area contributed by atoms with E-state index in [0.29, 0.717) is 12.0 Å². The minimum Gasteiger partial charge on any atom is -0.302 e. The number of benzene rings is 1. The second-order valence-corrected chi connectivity index (χ2v) is 7.08. The van der Waals surface area contributed by atoms with Crippen molar-refractivity contribution >= 4 is 29.2 Å². The number of fused-ring (bicyclic) bond motifs is 1. The van der Waals surface area contributed by atoms with Crippen molar-refractivity contribution in [3.05, 3.63) is 45.7 Å². The molecule has 0 saturated heterocycles. The van der Waals surface area contributed by atoms with Crippen LogP contribution < -0.4 is 5.43 Å². The Balaban J connectivity index is 1.90. The Bertz CT molecular complexity index is 531. The average Bonchev–Trinajstić information content (AvgIpc) is 2.94. The third-order valence-corrected chi connectivity index (χ3v) is 6.34. The van der Waals surface area contributed by atoms with Crippen LogP contribution >= 0.6 is 23.5 Å². The Hall–Kier alpha value is -0.870. The molecule has 2 atom stereocenters. The highest BCUT2D eigenvalue weighted by molar-refractivity contribution is 8.21. The number of rotatable bonds is 3. The molecule has 0 radical (unpaired) electrons. The second kappa shape index (κ2) is 6.27. The van der Waals surface area contributed by atoms with Gasteiger partial charge in [0.2, 0.25) is 0 Å². The minimum absolute atomic E-state index is 0.353. The normalized spacial score (nSPS) is 24.9. The molecule has 0 aromatic heterocycles. The number of hydrogen-bond acceptors (Lipinski definition) is 4. The number of hydrazone groups is 1. The lowest BCUT2D eigenvalue weighted by molar-refractivity contribution is 0.451. The van der Waals surface area contributed by atoms with Crippen molar-refractivity contribution < 1.29 is 0 Å². The summed E-state index contributed by atoms with van der Waals surface area (Å²) in [6, 6.07) is 11.1. The van der Waals surface area contributed by atoms with Gasteiger partial charge in [-0.1, -0.05) is 30.3 Å². The van der Waals surface area contributed by atoms with Gasteiger partial charge >= 0.3 is 0 Å². The van der Waals surface area contributed by atoms with Gasteiger partial charge in [0.15, 0.2) is 0 Å². The zero-order valence-corrected chi connectivity index (χ0v) is 13.6. The van der Waals surface area contributed by atoms with Crippen LogP contribution in [0.2, 0.25) is 0 Å². The summed E-state index contributed by atoms with van der Waals surface area (Å²) in [5.41, 5.74) is 7.53. The molecule has 1 fully saturated rings. The third-order valence-electron chi connectivity index (χ3n) is 4.10. The van der Waals surface area contributed by atoms with E-state index in [1.807, 2.05) is 23.5 Å². The van der Waals surface area contributed by atoms with Crippen LogP contribution in [0.1, 0.15) is 30.9 Å². The molecule has 0 unspecified atom stereocenters. The van der Waals surface area contributed by atoms with Crippen LogP contribution in [0.3, 0.4) is 0 Å². The maximum Gasteiger partial charge on any atom is 0.0773 e. The molecule has 0 bridgehead atoms. The summed E-state index contributed by atoms with van der Waals surface area (Å²) in [4.78, 5) is 0. The van der Waals surface area contributed by atoms with Crippen LogP contribution in [0.5, 0.6) is 0 Å². The molecule has 2 aliphatic rings. The summed E-state index contributed by atoms with van der Waals surface area (Å²) in [6.07, 6.45) is 8.02. The fourth-order valence-corrected chi connectivity index (χ4v) is 4.77. The Morgan fingerprint density at radius 2 is 1.95 bits per heavy atom. The van der Waals surface area contributed by atoms with E-state index in [2.05, 4.69) is 48.3 Å². The van der Waals surface area contributed by atoms with Gasteiger partial charge < -0.3 is 5.43 Å². The van der Waals surface area contributed by atoms with Crippen molar-refractivity contribution in [1.29, 1.82) is 0 Å². The van der Waals surface area contributed by atoms with Crippen LogP contribution in [-0.4, -0.2) is 18.2 Å². The highest BCUT2D eigenvalue weighted by Gasteiger charge is 2.37. The van der Waals surface area contributed by atoms with Crippen molar-refractivity contribution in [1.82, 2.24) is 5.43 Å². The number of nitrogens with one attached hydrogen (secondary N) is 1. The molecule has 1 aromatic carbocycles. The molecule has 2 nitrogen and oxygen atoms in total. The maximum absolute atomic E-state index is 4.70. The molecule has 3 rings (SSSR count). The van der Waals surface area contributed by atoms with Crippen molar-refractivity contribution in [2.75, 3.05) is 12.5 Å². The fraction of sp³-hybridized carbons (Fsp3) is 0.438. The van der Waals surface area contributed by atoms with Crippen molar-refractivity contribution in [2.45, 2.75) is 25.3 Å². The molecule has 20 heavy (non-hydrogen) atoms. The molecule has 1 aromatic rings. The molecule has 0 amide bonds. The first-order valence-electron chi connectivity index (χ1n) is 7.04. The summed E-state index contributed by atoms with van der Waals surface area (Å²) in [6.45, 7) is 0. The van der Waals surface area contributed by atoms with Crippen LogP contribution in [0.25, 0.3) is 0 Å². The lowest BCUT2D eigenvalue weighted by Crippen LogP contribution is -2.25. The molecular formula is C16H20N2S2. The molecule has 1 saturated carbocycles. The Morgan fingerprint density at radius 1 is 1.20 bits per heavy atom. The number of hydrogen-bond donors (Lipinski definition) is 1. The first-order chi connectivity index (χ1) is 9.85. The molecule has 1 heterocycles. The summed E-state index contributed by atoms with van der Waals surface area (Å²) >= 11 is 3.71. The second-order valence-electron chi connectivity index (χ2n) is 5.19. The number of allylic oxidation sites excluding steroid dienone is 1. The summed E-state index contributed by atoms with van der Waals surface area (Å²) in [5.74, 6) is 0.537. The Labute approximate surface area is 129 Å². The number of nitrogens with zero attached hydrogens (tertiary/aromatic N) is 1. The van der Waals surface area contributed by atoms with Gasteiger partial charge in [0.25, 0.3) is 0 Å². The van der Waals surface area contributed by atoms with E-state index in [4.69, 9.17) is 5.10 Å². The van der Waals surface area contributed by atoms with Gasteiger partial charge in [0.1, 0.15) is 0 Å². The van der Waals surface area contributed by atoms with E-state index in [1.54, 1.807) is 0 Å². The smallest absolute Gasteiger partial charge is 0.0773 e. The third kappa shape index (κ3) is 2.51. The van der Waals surface area contributed by atoms with Crippen LogP contribution in [0.4, 0.5) is 0 Å². The van der Waals surface area contributed by atoms with Gasteiger partial charge in [-0.3, -0.25) is 0 Å². The number of thioether (sulfide) groups is 2. The summed E-state index contributed by atoms with van der Waals surface area (Å²) < 4.78 is 1.43. The largest absolute Gasteiger partial charge is 0.302 e. The molecule has 1 N–H and O–H groups in total. The lowest BCUT2D eigenvalue weighted by atomic mass is 9.79. The molecule has 1 aliphatic carbocycles. The first kappa shape index (κ1) is 14.1. The lowest BCUT2D eigenvalue weighted by Gasteiger charge is -2.27. The van der Waals surface area contributed by atoms with Gasteiger partial charge in [-0.05, 0) is 42.9 Å². The SMILES string of the molecule is CSC(SC)=C1CCC[C@H]2C1=NN[C@@H]2c1ccccc1. The fourth-order valence-electron chi connectivity index (χ4n) is 3.19. The molecular weight excluding hydrogens is 284 g/mol. The molecule has 106 valence electrons. The molecule has 0 spiro atoms. The standard InChI is InChI=1S/C16H20N2S2/c1-19-16(20-2)13-10-6-9-12-14(17-18-15(12)13)11-7-4-3-5-8-11/h3-5,7-8,12,14,17H,6,9-10H2,1-2H3/t12-,14-/m1/s1. The zero-order chi connectivity index (χ0) is 13.9. The van der Waals surface area contributed by atoms with Crippen LogP contribution in [-0.2, 0) is 0 Å².